The maximum absolute atomic E-state index is 11.9. The van der Waals surface area contributed by atoms with Gasteiger partial charge in [0.25, 0.3) is 0 Å². The standard InChI is InChI=1S/C16H24N2O2/c1-13(2)8-11-20-12-9-15(19)18-16(3,4)14-7-5-6-10-17-14/h5-8,10H,9,11-12H2,1-4H3,(H,18,19). The molecule has 1 rings (SSSR count). The van der Waals surface area contributed by atoms with Gasteiger partial charge in [0.2, 0.25) is 5.91 Å². The predicted molar refractivity (Wildman–Crippen MR) is 80.3 cm³/mol. The van der Waals surface area contributed by atoms with Gasteiger partial charge in [-0.2, -0.15) is 0 Å². The molecular weight excluding hydrogens is 252 g/mol. The van der Waals surface area contributed by atoms with Gasteiger partial charge in [0.05, 0.1) is 24.4 Å². The Morgan fingerprint density at radius 2 is 2.15 bits per heavy atom. The maximum Gasteiger partial charge on any atom is 0.223 e. The van der Waals surface area contributed by atoms with Crippen LogP contribution in [0.15, 0.2) is 36.0 Å². The lowest BCUT2D eigenvalue weighted by Crippen LogP contribution is -2.41. The fraction of sp³-hybridized carbons (Fsp3) is 0.500. The van der Waals surface area contributed by atoms with E-state index < -0.39 is 5.54 Å². The minimum atomic E-state index is -0.474. The highest BCUT2D eigenvalue weighted by molar-refractivity contribution is 5.76. The smallest absolute Gasteiger partial charge is 0.223 e. The summed E-state index contributed by atoms with van der Waals surface area (Å²) in [5.74, 6) is -0.0298. The maximum atomic E-state index is 11.9. The third-order valence-corrected chi connectivity index (χ3v) is 2.84. The second-order valence-corrected chi connectivity index (χ2v) is 5.49. The molecule has 20 heavy (non-hydrogen) atoms. The molecule has 0 saturated heterocycles. The minimum absolute atomic E-state index is 0.0298. The van der Waals surface area contributed by atoms with E-state index in [0.29, 0.717) is 19.6 Å². The Hall–Kier alpha value is -1.68. The van der Waals surface area contributed by atoms with Crippen LogP contribution in [0.4, 0.5) is 0 Å². The molecule has 0 bridgehead atoms. The number of carbonyl (C=O) groups is 1. The zero-order chi connectivity index (χ0) is 15.0. The fourth-order valence-corrected chi connectivity index (χ4v) is 1.68. The van der Waals surface area contributed by atoms with Crippen LogP contribution in [0.2, 0.25) is 0 Å². The summed E-state index contributed by atoms with van der Waals surface area (Å²) in [6.07, 6.45) is 4.08. The number of allylic oxidation sites excluding steroid dienone is 1. The zero-order valence-electron chi connectivity index (χ0n) is 12.8. The number of nitrogens with one attached hydrogen (secondary N) is 1. The largest absolute Gasteiger partial charge is 0.377 e. The molecule has 0 aromatic carbocycles. The molecule has 0 fully saturated rings. The van der Waals surface area contributed by atoms with Crippen LogP contribution in [-0.2, 0) is 15.1 Å². The van der Waals surface area contributed by atoms with Gasteiger partial charge in [-0.25, -0.2) is 0 Å². The molecule has 1 aromatic heterocycles. The van der Waals surface area contributed by atoms with E-state index in [1.54, 1.807) is 6.20 Å². The van der Waals surface area contributed by atoms with Gasteiger partial charge >= 0.3 is 0 Å². The third kappa shape index (κ3) is 5.97. The van der Waals surface area contributed by atoms with Gasteiger partial charge < -0.3 is 10.1 Å². The number of ether oxygens (including phenoxy) is 1. The molecule has 0 spiro atoms. The highest BCUT2D eigenvalue weighted by atomic mass is 16.5. The Kier molecular flexibility index (Phi) is 6.39. The molecule has 0 atom stereocenters. The Balaban J connectivity index is 2.36. The van der Waals surface area contributed by atoms with Crippen LogP contribution < -0.4 is 5.32 Å². The van der Waals surface area contributed by atoms with E-state index in [2.05, 4.69) is 10.3 Å². The number of rotatable bonds is 7. The first-order chi connectivity index (χ1) is 9.42. The number of nitrogens with zero attached hydrogens (tertiary/aromatic N) is 1. The van der Waals surface area contributed by atoms with Crippen LogP contribution >= 0.6 is 0 Å². The molecule has 0 aliphatic rings. The summed E-state index contributed by atoms with van der Waals surface area (Å²) >= 11 is 0. The number of pyridine rings is 1. The number of amides is 1. The third-order valence-electron chi connectivity index (χ3n) is 2.84. The number of hydrogen-bond donors (Lipinski definition) is 1. The molecule has 1 heterocycles. The minimum Gasteiger partial charge on any atom is -0.377 e. The normalized spacial score (nSPS) is 11.0. The van der Waals surface area contributed by atoms with Gasteiger partial charge in [-0.05, 0) is 39.8 Å². The van der Waals surface area contributed by atoms with Gasteiger partial charge in [-0.15, -0.1) is 0 Å². The molecular formula is C16H24N2O2. The second-order valence-electron chi connectivity index (χ2n) is 5.49. The molecule has 0 saturated carbocycles. The summed E-state index contributed by atoms with van der Waals surface area (Å²) in [5.41, 5.74) is 1.59. The van der Waals surface area contributed by atoms with Crippen LogP contribution in [0.1, 0.15) is 39.8 Å². The first kappa shape index (κ1) is 16.4. The molecule has 4 heteroatoms. The second kappa shape index (κ2) is 7.80. The molecule has 0 aliphatic carbocycles. The summed E-state index contributed by atoms with van der Waals surface area (Å²) in [4.78, 5) is 16.2. The number of hydrogen-bond acceptors (Lipinski definition) is 3. The van der Waals surface area contributed by atoms with Crippen molar-refractivity contribution in [2.24, 2.45) is 0 Å². The van der Waals surface area contributed by atoms with Crippen molar-refractivity contribution < 1.29 is 9.53 Å². The molecule has 0 radical (unpaired) electrons. The lowest BCUT2D eigenvalue weighted by molar-refractivity contribution is -0.123. The van der Waals surface area contributed by atoms with Crippen molar-refractivity contribution in [3.63, 3.8) is 0 Å². The van der Waals surface area contributed by atoms with Crippen LogP contribution in [0.25, 0.3) is 0 Å². The highest BCUT2D eigenvalue weighted by Crippen LogP contribution is 2.16. The molecule has 4 nitrogen and oxygen atoms in total. The first-order valence-corrected chi connectivity index (χ1v) is 6.85. The molecule has 1 aromatic rings. The summed E-state index contributed by atoms with van der Waals surface area (Å²) in [6.45, 7) is 8.90. The van der Waals surface area contributed by atoms with Crippen LogP contribution in [0, 0.1) is 0 Å². The monoisotopic (exact) mass is 276 g/mol. The van der Waals surface area contributed by atoms with Crippen LogP contribution in [-0.4, -0.2) is 24.1 Å². The molecule has 0 aliphatic heterocycles. The summed E-state index contributed by atoms with van der Waals surface area (Å²) < 4.78 is 5.38. The van der Waals surface area contributed by atoms with Gasteiger partial charge in [0.15, 0.2) is 0 Å². The first-order valence-electron chi connectivity index (χ1n) is 6.85. The van der Waals surface area contributed by atoms with E-state index in [1.807, 2.05) is 52.0 Å². The predicted octanol–water partition coefficient (Wildman–Crippen LogP) is 2.81. The van der Waals surface area contributed by atoms with E-state index in [-0.39, 0.29) is 5.91 Å². The van der Waals surface area contributed by atoms with Crippen molar-refractivity contribution in [2.75, 3.05) is 13.2 Å². The Morgan fingerprint density at radius 3 is 2.75 bits per heavy atom. The summed E-state index contributed by atoms with van der Waals surface area (Å²) in [5, 5.41) is 2.98. The number of carbonyl (C=O) groups excluding carboxylic acids is 1. The zero-order valence-corrected chi connectivity index (χ0v) is 12.8. The van der Waals surface area contributed by atoms with Crippen molar-refractivity contribution in [1.82, 2.24) is 10.3 Å². The SMILES string of the molecule is CC(C)=CCOCCC(=O)NC(C)(C)c1ccccn1. The van der Waals surface area contributed by atoms with Gasteiger partial charge in [-0.3, -0.25) is 9.78 Å². The highest BCUT2D eigenvalue weighted by Gasteiger charge is 2.23. The van der Waals surface area contributed by atoms with Crippen LogP contribution in [0.5, 0.6) is 0 Å². The Bertz CT molecular complexity index is 449. The van der Waals surface area contributed by atoms with Gasteiger partial charge in [0.1, 0.15) is 0 Å². The average Bonchev–Trinajstić information content (AvgIpc) is 2.38. The topological polar surface area (TPSA) is 51.2 Å². The van der Waals surface area contributed by atoms with Crippen molar-refractivity contribution in [2.45, 2.75) is 39.7 Å². The molecule has 1 N–H and O–H groups in total. The van der Waals surface area contributed by atoms with E-state index >= 15 is 0 Å². The van der Waals surface area contributed by atoms with Crippen molar-refractivity contribution in [1.29, 1.82) is 0 Å². The van der Waals surface area contributed by atoms with E-state index in [0.717, 1.165) is 5.69 Å². The Morgan fingerprint density at radius 1 is 1.40 bits per heavy atom. The van der Waals surface area contributed by atoms with E-state index in [4.69, 9.17) is 4.74 Å². The van der Waals surface area contributed by atoms with Crippen LogP contribution in [0.3, 0.4) is 0 Å². The average molecular weight is 276 g/mol. The van der Waals surface area contributed by atoms with Gasteiger partial charge in [-0.1, -0.05) is 17.7 Å². The molecule has 1 amide bonds. The lowest BCUT2D eigenvalue weighted by atomic mass is 9.99. The van der Waals surface area contributed by atoms with E-state index in [1.165, 1.54) is 5.57 Å². The van der Waals surface area contributed by atoms with Crippen molar-refractivity contribution in [3.05, 3.63) is 41.7 Å². The quantitative estimate of drug-likeness (QED) is 0.615. The summed E-state index contributed by atoms with van der Waals surface area (Å²) in [7, 11) is 0. The Labute approximate surface area is 121 Å². The summed E-state index contributed by atoms with van der Waals surface area (Å²) in [6, 6.07) is 5.68. The fourth-order valence-electron chi connectivity index (χ4n) is 1.68. The molecule has 0 unspecified atom stereocenters. The lowest BCUT2D eigenvalue weighted by Gasteiger charge is -2.25. The number of aromatic nitrogens is 1. The molecule has 110 valence electrons. The van der Waals surface area contributed by atoms with Crippen molar-refractivity contribution in [3.8, 4) is 0 Å². The van der Waals surface area contributed by atoms with Crippen molar-refractivity contribution >= 4 is 5.91 Å². The van der Waals surface area contributed by atoms with E-state index in [9.17, 15) is 4.79 Å². The van der Waals surface area contributed by atoms with Gasteiger partial charge in [0, 0.05) is 12.6 Å².